The van der Waals surface area contributed by atoms with Gasteiger partial charge in [0.05, 0.1) is 0 Å². The minimum absolute atomic E-state index is 0.265. The molecule has 0 saturated carbocycles. The van der Waals surface area contributed by atoms with E-state index in [1.807, 2.05) is 19.9 Å². The summed E-state index contributed by atoms with van der Waals surface area (Å²) in [7, 11) is 0. The zero-order valence-corrected chi connectivity index (χ0v) is 11.2. The maximum atomic E-state index is 9.28. The number of aliphatic hydroxyl groups is 1. The monoisotopic (exact) mass is 250 g/mol. The Labute approximate surface area is 108 Å². The molecule has 1 saturated heterocycles. The van der Waals surface area contributed by atoms with Gasteiger partial charge < -0.3 is 15.3 Å². The highest BCUT2D eigenvalue weighted by molar-refractivity contribution is 5.45. The standard InChI is InChI=1S/C13H22N4O/c1-3-14-13-15-10(2)7-12(16-13)17-6-4-5-11(8-17)9-18/h7,11,18H,3-6,8-9H2,1-2H3,(H,14,15,16)/t11-/m1/s1. The van der Waals surface area contributed by atoms with Crippen LogP contribution in [0.3, 0.4) is 0 Å². The second kappa shape index (κ2) is 6.00. The lowest BCUT2D eigenvalue weighted by atomic mass is 9.99. The van der Waals surface area contributed by atoms with E-state index in [4.69, 9.17) is 0 Å². The molecule has 1 fully saturated rings. The van der Waals surface area contributed by atoms with E-state index in [-0.39, 0.29) is 6.61 Å². The molecule has 18 heavy (non-hydrogen) atoms. The van der Waals surface area contributed by atoms with E-state index < -0.39 is 0 Å². The summed E-state index contributed by atoms with van der Waals surface area (Å²) in [6, 6.07) is 2.01. The molecule has 1 aromatic heterocycles. The zero-order valence-electron chi connectivity index (χ0n) is 11.2. The van der Waals surface area contributed by atoms with E-state index in [1.165, 1.54) is 0 Å². The summed E-state index contributed by atoms with van der Waals surface area (Å²) >= 11 is 0. The predicted octanol–water partition coefficient (Wildman–Crippen LogP) is 1.43. The van der Waals surface area contributed by atoms with Crippen molar-refractivity contribution in [3.63, 3.8) is 0 Å². The quantitative estimate of drug-likeness (QED) is 0.846. The summed E-state index contributed by atoms with van der Waals surface area (Å²) in [5.41, 5.74) is 0.974. The van der Waals surface area contributed by atoms with Gasteiger partial charge in [-0.25, -0.2) is 4.98 Å². The van der Waals surface area contributed by atoms with Gasteiger partial charge in [-0.05, 0) is 32.6 Å². The summed E-state index contributed by atoms with van der Waals surface area (Å²) in [6.45, 7) is 7.01. The van der Waals surface area contributed by atoms with Crippen LogP contribution >= 0.6 is 0 Å². The van der Waals surface area contributed by atoms with Crippen molar-refractivity contribution in [2.45, 2.75) is 26.7 Å². The first kappa shape index (κ1) is 13.1. The zero-order chi connectivity index (χ0) is 13.0. The number of aromatic nitrogens is 2. The average molecular weight is 250 g/mol. The number of anilines is 2. The summed E-state index contributed by atoms with van der Waals surface area (Å²) in [6.07, 6.45) is 2.22. The third kappa shape index (κ3) is 3.10. The van der Waals surface area contributed by atoms with Crippen molar-refractivity contribution in [1.29, 1.82) is 0 Å². The van der Waals surface area contributed by atoms with Crippen LogP contribution in [-0.2, 0) is 0 Å². The van der Waals surface area contributed by atoms with Crippen LogP contribution in [0.1, 0.15) is 25.5 Å². The molecule has 1 aromatic rings. The van der Waals surface area contributed by atoms with Gasteiger partial charge in [0.25, 0.3) is 0 Å². The van der Waals surface area contributed by atoms with Crippen LogP contribution in [0.15, 0.2) is 6.07 Å². The van der Waals surface area contributed by atoms with E-state index in [9.17, 15) is 5.11 Å². The maximum absolute atomic E-state index is 9.28. The highest BCUT2D eigenvalue weighted by Crippen LogP contribution is 2.22. The first-order valence-corrected chi connectivity index (χ1v) is 6.68. The van der Waals surface area contributed by atoms with E-state index in [1.54, 1.807) is 0 Å². The van der Waals surface area contributed by atoms with Gasteiger partial charge in [0.15, 0.2) is 0 Å². The third-order valence-corrected chi connectivity index (χ3v) is 3.28. The normalized spacial score (nSPS) is 19.9. The Bertz CT molecular complexity index is 397. The molecular weight excluding hydrogens is 228 g/mol. The number of aliphatic hydroxyl groups excluding tert-OH is 1. The molecule has 0 unspecified atom stereocenters. The number of hydrogen-bond acceptors (Lipinski definition) is 5. The minimum Gasteiger partial charge on any atom is -0.396 e. The van der Waals surface area contributed by atoms with Crippen molar-refractivity contribution in [2.75, 3.05) is 36.5 Å². The second-order valence-electron chi connectivity index (χ2n) is 4.86. The fraction of sp³-hybridized carbons (Fsp3) is 0.692. The van der Waals surface area contributed by atoms with Crippen molar-refractivity contribution < 1.29 is 5.11 Å². The van der Waals surface area contributed by atoms with Gasteiger partial charge in [0.2, 0.25) is 5.95 Å². The third-order valence-electron chi connectivity index (χ3n) is 3.28. The van der Waals surface area contributed by atoms with Gasteiger partial charge in [0, 0.05) is 38.0 Å². The number of aryl methyl sites for hydroxylation is 1. The molecule has 1 aliphatic rings. The van der Waals surface area contributed by atoms with Crippen LogP contribution in [0, 0.1) is 12.8 Å². The molecule has 1 atom stereocenters. The van der Waals surface area contributed by atoms with E-state index in [0.717, 1.165) is 44.0 Å². The Morgan fingerprint density at radius 3 is 3.06 bits per heavy atom. The largest absolute Gasteiger partial charge is 0.396 e. The fourth-order valence-electron chi connectivity index (χ4n) is 2.37. The van der Waals surface area contributed by atoms with Crippen molar-refractivity contribution in [1.82, 2.24) is 9.97 Å². The average Bonchev–Trinajstić information content (AvgIpc) is 2.38. The molecule has 2 heterocycles. The van der Waals surface area contributed by atoms with E-state index >= 15 is 0 Å². The van der Waals surface area contributed by atoms with Crippen LogP contribution in [0.5, 0.6) is 0 Å². The first-order valence-electron chi connectivity index (χ1n) is 6.68. The van der Waals surface area contributed by atoms with Gasteiger partial charge in [-0.3, -0.25) is 0 Å². The lowest BCUT2D eigenvalue weighted by molar-refractivity contribution is 0.208. The molecule has 0 aliphatic carbocycles. The van der Waals surface area contributed by atoms with Crippen LogP contribution in [0.2, 0.25) is 0 Å². The molecule has 0 radical (unpaired) electrons. The van der Waals surface area contributed by atoms with Crippen molar-refractivity contribution in [3.05, 3.63) is 11.8 Å². The molecule has 2 N–H and O–H groups in total. The van der Waals surface area contributed by atoms with E-state index in [2.05, 4.69) is 20.2 Å². The lowest BCUT2D eigenvalue weighted by Gasteiger charge is -2.32. The maximum Gasteiger partial charge on any atom is 0.224 e. The van der Waals surface area contributed by atoms with Gasteiger partial charge in [-0.15, -0.1) is 0 Å². The minimum atomic E-state index is 0.265. The van der Waals surface area contributed by atoms with Crippen LogP contribution in [0.25, 0.3) is 0 Å². The highest BCUT2D eigenvalue weighted by Gasteiger charge is 2.20. The molecule has 0 spiro atoms. The lowest BCUT2D eigenvalue weighted by Crippen LogP contribution is -2.37. The van der Waals surface area contributed by atoms with Crippen LogP contribution in [-0.4, -0.2) is 41.3 Å². The Hall–Kier alpha value is -1.36. The topological polar surface area (TPSA) is 61.3 Å². The molecule has 5 heteroatoms. The van der Waals surface area contributed by atoms with Crippen molar-refractivity contribution in [3.8, 4) is 0 Å². The molecule has 100 valence electrons. The number of nitrogens with zero attached hydrogens (tertiary/aromatic N) is 3. The first-order chi connectivity index (χ1) is 8.72. The fourth-order valence-corrected chi connectivity index (χ4v) is 2.37. The van der Waals surface area contributed by atoms with E-state index in [0.29, 0.717) is 11.9 Å². The SMILES string of the molecule is CCNc1nc(C)cc(N2CCC[C@@H](CO)C2)n1. The Morgan fingerprint density at radius 1 is 1.50 bits per heavy atom. The predicted molar refractivity (Wildman–Crippen MR) is 73.0 cm³/mol. The smallest absolute Gasteiger partial charge is 0.224 e. The number of rotatable bonds is 4. The summed E-state index contributed by atoms with van der Waals surface area (Å²) in [5, 5.41) is 12.4. The number of piperidine rings is 1. The molecule has 2 rings (SSSR count). The number of hydrogen-bond donors (Lipinski definition) is 2. The molecule has 0 bridgehead atoms. The Morgan fingerprint density at radius 2 is 2.33 bits per heavy atom. The van der Waals surface area contributed by atoms with Crippen LogP contribution in [0.4, 0.5) is 11.8 Å². The summed E-state index contributed by atoms with van der Waals surface area (Å²) in [5.74, 6) is 2.03. The molecular formula is C13H22N4O. The van der Waals surface area contributed by atoms with Gasteiger partial charge >= 0.3 is 0 Å². The van der Waals surface area contributed by atoms with Crippen LogP contribution < -0.4 is 10.2 Å². The summed E-state index contributed by atoms with van der Waals surface area (Å²) in [4.78, 5) is 11.1. The van der Waals surface area contributed by atoms with Gasteiger partial charge in [0.1, 0.15) is 5.82 Å². The Kier molecular flexibility index (Phi) is 4.36. The molecule has 0 amide bonds. The highest BCUT2D eigenvalue weighted by atomic mass is 16.3. The van der Waals surface area contributed by atoms with Gasteiger partial charge in [-0.2, -0.15) is 4.98 Å². The Balaban J connectivity index is 2.16. The molecule has 5 nitrogen and oxygen atoms in total. The van der Waals surface area contributed by atoms with Gasteiger partial charge in [-0.1, -0.05) is 0 Å². The van der Waals surface area contributed by atoms with Crippen molar-refractivity contribution in [2.24, 2.45) is 5.92 Å². The number of nitrogens with one attached hydrogen (secondary N) is 1. The van der Waals surface area contributed by atoms with Crippen molar-refractivity contribution >= 4 is 11.8 Å². The summed E-state index contributed by atoms with van der Waals surface area (Å²) < 4.78 is 0. The molecule has 1 aliphatic heterocycles. The second-order valence-corrected chi connectivity index (χ2v) is 4.86. The molecule has 0 aromatic carbocycles.